The largest absolute Gasteiger partial charge is 0.434 e. The van der Waals surface area contributed by atoms with Crippen LogP contribution in [-0.4, -0.2) is 76.0 Å². The van der Waals surface area contributed by atoms with Gasteiger partial charge in [-0.3, -0.25) is 14.5 Å². The Kier molecular flexibility index (Phi) is 7.79. The summed E-state index contributed by atoms with van der Waals surface area (Å²) in [6.07, 6.45) is 4.04. The molecule has 2 aliphatic rings. The number of amides is 2. The van der Waals surface area contributed by atoms with Crippen molar-refractivity contribution >= 4 is 17.6 Å². The summed E-state index contributed by atoms with van der Waals surface area (Å²) in [5, 5.41) is 2.73. The molecule has 2 aromatic rings. The molecule has 1 atom stereocenters. The van der Waals surface area contributed by atoms with Crippen molar-refractivity contribution in [1.82, 2.24) is 19.8 Å². The number of aromatic nitrogens is 2. The van der Waals surface area contributed by atoms with Crippen molar-refractivity contribution < 1.29 is 27.8 Å². The number of benzene rings is 1. The Balaban J connectivity index is 1.32. The summed E-state index contributed by atoms with van der Waals surface area (Å²) in [7, 11) is 0. The third kappa shape index (κ3) is 5.96. The number of nitrogens with one attached hydrogen (secondary N) is 1. The quantitative estimate of drug-likeness (QED) is 0.647. The molecular weight excluding hydrogens is 472 g/mol. The van der Waals surface area contributed by atoms with Crippen LogP contribution in [0.25, 0.3) is 0 Å². The van der Waals surface area contributed by atoms with Crippen LogP contribution in [0.4, 0.5) is 14.6 Å². The number of carbonyl (C=O) groups excluding carboxylic acids is 2. The van der Waals surface area contributed by atoms with E-state index in [1.54, 1.807) is 0 Å². The van der Waals surface area contributed by atoms with Gasteiger partial charge in [0.2, 0.25) is 17.7 Å². The second-order valence-electron chi connectivity index (χ2n) is 9.74. The van der Waals surface area contributed by atoms with Gasteiger partial charge in [0.25, 0.3) is 0 Å². The highest BCUT2D eigenvalue weighted by atomic mass is 19.1. The summed E-state index contributed by atoms with van der Waals surface area (Å²) in [4.78, 5) is 38.1. The van der Waals surface area contributed by atoms with E-state index in [1.807, 2.05) is 30.6 Å². The minimum Gasteiger partial charge on any atom is -0.434 e. The van der Waals surface area contributed by atoms with Gasteiger partial charge in [-0.05, 0) is 45.7 Å². The van der Waals surface area contributed by atoms with Gasteiger partial charge in [-0.2, -0.15) is 0 Å². The van der Waals surface area contributed by atoms with E-state index < -0.39 is 23.2 Å². The number of hydrogen-bond donors (Lipinski definition) is 1. The number of anilines is 1. The number of hydrogen-bond acceptors (Lipinski definition) is 7. The fourth-order valence-electron chi connectivity index (χ4n) is 4.60. The van der Waals surface area contributed by atoms with Crippen molar-refractivity contribution in [3.63, 3.8) is 0 Å². The Morgan fingerprint density at radius 3 is 2.56 bits per heavy atom. The molecule has 194 valence electrons. The molecule has 0 saturated carbocycles. The maximum absolute atomic E-state index is 13.8. The third-order valence-electron chi connectivity index (χ3n) is 6.68. The molecule has 3 heterocycles. The van der Waals surface area contributed by atoms with Crippen LogP contribution in [0, 0.1) is 17.6 Å². The molecule has 2 saturated heterocycles. The molecule has 4 rings (SSSR count). The molecule has 1 N–H and O–H groups in total. The zero-order chi connectivity index (χ0) is 25.9. The second kappa shape index (κ2) is 10.8. The highest BCUT2D eigenvalue weighted by Crippen LogP contribution is 2.28. The van der Waals surface area contributed by atoms with Crippen molar-refractivity contribution in [2.45, 2.75) is 45.2 Å². The topological polar surface area (TPSA) is 96.9 Å². The van der Waals surface area contributed by atoms with Crippen molar-refractivity contribution in [3.8, 4) is 11.6 Å². The summed E-state index contributed by atoms with van der Waals surface area (Å²) in [6.45, 7) is 8.77. The molecule has 1 aromatic carbocycles. The standard InChI is InChI=1S/C25H31F2N5O4/c1-16(31-8-9-32(25(2,3)15-31)24(34)17-6-10-35-11-7-17)23(33)30-21-13-29-22(14-28-21)36-20-5-4-18(26)12-19(20)27/h4-5,12-14,16-17H,6-11,15H2,1-3H3,(H,28,30,33)/t16-/m0/s1. The van der Waals surface area contributed by atoms with Crippen molar-refractivity contribution in [2.75, 3.05) is 38.2 Å². The van der Waals surface area contributed by atoms with Crippen LogP contribution in [0.1, 0.15) is 33.6 Å². The van der Waals surface area contributed by atoms with Crippen LogP contribution in [0.15, 0.2) is 30.6 Å². The van der Waals surface area contributed by atoms with Gasteiger partial charge in [0, 0.05) is 44.8 Å². The molecule has 0 radical (unpaired) electrons. The summed E-state index contributed by atoms with van der Waals surface area (Å²) in [5.74, 6) is -1.65. The SMILES string of the molecule is C[C@@H](C(=O)Nc1cnc(Oc2ccc(F)cc2F)cn1)N1CCN(C(=O)C2CCOCC2)C(C)(C)C1. The Bertz CT molecular complexity index is 1090. The molecule has 11 heteroatoms. The molecule has 2 aliphatic heterocycles. The number of nitrogens with zero attached hydrogens (tertiary/aromatic N) is 4. The van der Waals surface area contributed by atoms with Gasteiger partial charge in [0.05, 0.1) is 24.0 Å². The van der Waals surface area contributed by atoms with E-state index in [9.17, 15) is 18.4 Å². The molecule has 1 aromatic heterocycles. The fraction of sp³-hybridized carbons (Fsp3) is 0.520. The van der Waals surface area contributed by atoms with E-state index in [1.165, 1.54) is 12.4 Å². The zero-order valence-corrected chi connectivity index (χ0v) is 20.7. The van der Waals surface area contributed by atoms with Gasteiger partial charge < -0.3 is 19.7 Å². The van der Waals surface area contributed by atoms with Crippen LogP contribution in [0.3, 0.4) is 0 Å². The Hall–Kier alpha value is -3.18. The number of piperazine rings is 1. The smallest absolute Gasteiger partial charge is 0.242 e. The lowest BCUT2D eigenvalue weighted by Gasteiger charge is -2.49. The first kappa shape index (κ1) is 25.9. The van der Waals surface area contributed by atoms with E-state index in [0.717, 1.165) is 25.0 Å². The molecule has 0 bridgehead atoms. The average molecular weight is 504 g/mol. The van der Waals surface area contributed by atoms with Gasteiger partial charge in [0.1, 0.15) is 5.82 Å². The molecule has 2 amide bonds. The minimum atomic E-state index is -0.861. The first-order valence-electron chi connectivity index (χ1n) is 12.0. The number of halogens is 2. The molecule has 0 spiro atoms. The summed E-state index contributed by atoms with van der Waals surface area (Å²) in [5.41, 5.74) is -0.420. The fourth-order valence-corrected chi connectivity index (χ4v) is 4.60. The first-order valence-corrected chi connectivity index (χ1v) is 12.0. The molecule has 9 nitrogen and oxygen atoms in total. The summed E-state index contributed by atoms with van der Waals surface area (Å²) >= 11 is 0. The van der Waals surface area contributed by atoms with Gasteiger partial charge in [0.15, 0.2) is 17.4 Å². The number of rotatable bonds is 6. The van der Waals surface area contributed by atoms with Gasteiger partial charge >= 0.3 is 0 Å². The lowest BCUT2D eigenvalue weighted by atomic mass is 9.92. The van der Waals surface area contributed by atoms with E-state index in [0.29, 0.717) is 38.9 Å². The van der Waals surface area contributed by atoms with Crippen LogP contribution >= 0.6 is 0 Å². The highest BCUT2D eigenvalue weighted by molar-refractivity contribution is 5.93. The Morgan fingerprint density at radius 2 is 1.92 bits per heavy atom. The van der Waals surface area contributed by atoms with Crippen molar-refractivity contribution in [3.05, 3.63) is 42.2 Å². The van der Waals surface area contributed by atoms with Crippen LogP contribution < -0.4 is 10.1 Å². The van der Waals surface area contributed by atoms with E-state index in [4.69, 9.17) is 9.47 Å². The zero-order valence-electron chi connectivity index (χ0n) is 20.7. The monoisotopic (exact) mass is 503 g/mol. The van der Waals surface area contributed by atoms with Gasteiger partial charge in [-0.25, -0.2) is 18.7 Å². The molecule has 2 fully saturated rings. The molecular formula is C25H31F2N5O4. The van der Waals surface area contributed by atoms with Gasteiger partial charge in [-0.1, -0.05) is 0 Å². The van der Waals surface area contributed by atoms with E-state index in [-0.39, 0.29) is 35.2 Å². The predicted octanol–water partition coefficient (Wildman–Crippen LogP) is 3.22. The maximum atomic E-state index is 13.8. The van der Waals surface area contributed by atoms with Gasteiger partial charge in [-0.15, -0.1) is 0 Å². The normalized spacial score (nSPS) is 19.5. The third-order valence-corrected chi connectivity index (χ3v) is 6.68. The average Bonchev–Trinajstić information content (AvgIpc) is 2.86. The number of carbonyl (C=O) groups is 2. The number of ether oxygens (including phenoxy) is 2. The Morgan fingerprint density at radius 1 is 1.17 bits per heavy atom. The molecule has 36 heavy (non-hydrogen) atoms. The maximum Gasteiger partial charge on any atom is 0.242 e. The van der Waals surface area contributed by atoms with Crippen molar-refractivity contribution in [2.24, 2.45) is 5.92 Å². The van der Waals surface area contributed by atoms with E-state index in [2.05, 4.69) is 15.3 Å². The second-order valence-corrected chi connectivity index (χ2v) is 9.74. The highest BCUT2D eigenvalue weighted by Gasteiger charge is 2.41. The van der Waals surface area contributed by atoms with Crippen molar-refractivity contribution in [1.29, 1.82) is 0 Å². The predicted molar refractivity (Wildman–Crippen MR) is 127 cm³/mol. The lowest BCUT2D eigenvalue weighted by molar-refractivity contribution is -0.149. The van der Waals surface area contributed by atoms with Crippen LogP contribution in [-0.2, 0) is 14.3 Å². The lowest BCUT2D eigenvalue weighted by Crippen LogP contribution is -2.64. The van der Waals surface area contributed by atoms with Crippen LogP contribution in [0.5, 0.6) is 11.6 Å². The molecule has 0 aliphatic carbocycles. The summed E-state index contributed by atoms with van der Waals surface area (Å²) in [6, 6.07) is 2.47. The first-order chi connectivity index (χ1) is 17.1. The summed E-state index contributed by atoms with van der Waals surface area (Å²) < 4.78 is 37.5. The van der Waals surface area contributed by atoms with Crippen LogP contribution in [0.2, 0.25) is 0 Å². The van der Waals surface area contributed by atoms with E-state index >= 15 is 0 Å². The Labute approximate surface area is 208 Å². The minimum absolute atomic E-state index is 0.00128. The molecule has 0 unspecified atom stereocenters.